The smallest absolute Gasteiger partial charge is 0.0582 e. The Morgan fingerprint density at radius 1 is 1.19 bits per heavy atom. The van der Waals surface area contributed by atoms with Crippen molar-refractivity contribution in [1.82, 2.24) is 14.9 Å². The van der Waals surface area contributed by atoms with Gasteiger partial charge in [-0.1, -0.05) is 24.6 Å². The number of aliphatic hydroxyl groups excluding tert-OH is 1. The van der Waals surface area contributed by atoms with E-state index >= 15 is 0 Å². The molecule has 1 atom stereocenters. The van der Waals surface area contributed by atoms with Crippen molar-refractivity contribution in [2.24, 2.45) is 0 Å². The maximum absolute atomic E-state index is 9.36. The molecule has 0 radical (unpaired) electrons. The monoisotopic (exact) mass is 365 g/mol. The molecule has 2 N–H and O–H groups in total. The summed E-state index contributed by atoms with van der Waals surface area (Å²) in [4.78, 5) is 4.43. The van der Waals surface area contributed by atoms with Crippen molar-refractivity contribution < 1.29 is 5.11 Å². The molecule has 4 heteroatoms. The van der Waals surface area contributed by atoms with E-state index in [0.29, 0.717) is 0 Å². The lowest BCUT2D eigenvalue weighted by atomic mass is 10.1. The van der Waals surface area contributed by atoms with Gasteiger partial charge in [0.2, 0.25) is 0 Å². The lowest BCUT2D eigenvalue weighted by Gasteiger charge is -2.13. The fraction of sp³-hybridized carbons (Fsp3) is 0.435. The molecule has 0 aliphatic heterocycles. The van der Waals surface area contributed by atoms with Crippen LogP contribution in [0.3, 0.4) is 0 Å². The molecule has 27 heavy (non-hydrogen) atoms. The average molecular weight is 366 g/mol. The Hall–Kier alpha value is -2.17. The molecule has 3 rings (SSSR count). The predicted molar refractivity (Wildman–Crippen MR) is 112 cm³/mol. The molecule has 0 bridgehead atoms. The van der Waals surface area contributed by atoms with Crippen LogP contribution in [0.4, 0.5) is 0 Å². The predicted octanol–water partition coefficient (Wildman–Crippen LogP) is 3.93. The fourth-order valence-electron chi connectivity index (χ4n) is 3.68. The number of benzene rings is 1. The maximum Gasteiger partial charge on any atom is 0.0582 e. The molecule has 3 aromatic rings. The molecule has 4 nitrogen and oxygen atoms in total. The van der Waals surface area contributed by atoms with Crippen molar-refractivity contribution in [2.45, 2.75) is 59.7 Å². The van der Waals surface area contributed by atoms with Crippen molar-refractivity contribution >= 4 is 10.9 Å². The molecule has 1 aromatic carbocycles. The van der Waals surface area contributed by atoms with Gasteiger partial charge in [-0.05, 0) is 62.9 Å². The lowest BCUT2D eigenvalue weighted by Crippen LogP contribution is -2.29. The number of nitrogens with zero attached hydrogens (tertiary/aromatic N) is 2. The van der Waals surface area contributed by atoms with E-state index in [1.54, 1.807) is 0 Å². The second kappa shape index (κ2) is 8.68. The number of aryl methyl sites for hydroxylation is 4. The first kappa shape index (κ1) is 19.6. The molecule has 2 heterocycles. The normalized spacial score (nSPS) is 12.6. The van der Waals surface area contributed by atoms with Crippen LogP contribution in [0.1, 0.15) is 41.9 Å². The van der Waals surface area contributed by atoms with Crippen LogP contribution < -0.4 is 5.32 Å². The Morgan fingerprint density at radius 3 is 2.67 bits per heavy atom. The highest BCUT2D eigenvalue weighted by molar-refractivity contribution is 5.86. The minimum atomic E-state index is 0.0940. The van der Waals surface area contributed by atoms with Gasteiger partial charge >= 0.3 is 0 Å². The second-order valence-corrected chi connectivity index (χ2v) is 7.47. The maximum atomic E-state index is 9.36. The SMILES string of the molecule is CCc1c(CNC(C)CO)c2cc(C)ccc2n1CCc1ccc(C)nc1. The molecule has 0 aliphatic carbocycles. The fourth-order valence-corrected chi connectivity index (χ4v) is 3.68. The zero-order valence-corrected chi connectivity index (χ0v) is 16.9. The summed E-state index contributed by atoms with van der Waals surface area (Å²) in [5, 5.41) is 14.1. The lowest BCUT2D eigenvalue weighted by molar-refractivity contribution is 0.251. The van der Waals surface area contributed by atoms with E-state index in [-0.39, 0.29) is 12.6 Å². The zero-order valence-electron chi connectivity index (χ0n) is 16.9. The Kier molecular flexibility index (Phi) is 6.30. The van der Waals surface area contributed by atoms with Crippen LogP contribution >= 0.6 is 0 Å². The topological polar surface area (TPSA) is 50.1 Å². The second-order valence-electron chi connectivity index (χ2n) is 7.47. The standard InChI is InChI=1S/C23H31N3O/c1-5-22-21(14-25-18(4)15-27)20-12-16(2)6-9-23(20)26(22)11-10-19-8-7-17(3)24-13-19/h6-9,12-13,18,25,27H,5,10-11,14-15H2,1-4H3. The Labute approximate surface area is 162 Å². The molecule has 0 spiro atoms. The molecule has 144 valence electrons. The number of hydrogen-bond acceptors (Lipinski definition) is 3. The third kappa shape index (κ3) is 4.40. The molecular weight excluding hydrogens is 334 g/mol. The van der Waals surface area contributed by atoms with Crippen LogP contribution in [0, 0.1) is 13.8 Å². The van der Waals surface area contributed by atoms with Gasteiger partial charge in [0.1, 0.15) is 0 Å². The number of fused-ring (bicyclic) bond motifs is 1. The first-order valence-corrected chi connectivity index (χ1v) is 9.89. The van der Waals surface area contributed by atoms with E-state index in [0.717, 1.165) is 31.6 Å². The van der Waals surface area contributed by atoms with Crippen molar-refractivity contribution in [3.05, 3.63) is 64.6 Å². The van der Waals surface area contributed by atoms with Crippen LogP contribution in [0.2, 0.25) is 0 Å². The van der Waals surface area contributed by atoms with Gasteiger partial charge in [-0.3, -0.25) is 4.98 Å². The van der Waals surface area contributed by atoms with Crippen molar-refractivity contribution in [3.63, 3.8) is 0 Å². The largest absolute Gasteiger partial charge is 0.395 e. The molecule has 0 amide bonds. The Morgan fingerprint density at radius 2 is 2.00 bits per heavy atom. The van der Waals surface area contributed by atoms with Gasteiger partial charge in [0, 0.05) is 47.6 Å². The van der Waals surface area contributed by atoms with Crippen LogP contribution in [0.15, 0.2) is 36.5 Å². The van der Waals surface area contributed by atoms with Gasteiger partial charge in [-0.2, -0.15) is 0 Å². The highest BCUT2D eigenvalue weighted by Crippen LogP contribution is 2.28. The van der Waals surface area contributed by atoms with Crippen LogP contribution in [-0.4, -0.2) is 27.3 Å². The highest BCUT2D eigenvalue weighted by atomic mass is 16.3. The first-order chi connectivity index (χ1) is 13.0. The van der Waals surface area contributed by atoms with Crippen molar-refractivity contribution in [3.8, 4) is 0 Å². The number of rotatable bonds is 8. The Bertz CT molecular complexity index is 896. The zero-order chi connectivity index (χ0) is 19.4. The summed E-state index contributed by atoms with van der Waals surface area (Å²) < 4.78 is 2.47. The first-order valence-electron chi connectivity index (χ1n) is 9.89. The van der Waals surface area contributed by atoms with Gasteiger partial charge in [0.25, 0.3) is 0 Å². The van der Waals surface area contributed by atoms with E-state index in [1.165, 1.54) is 33.3 Å². The minimum Gasteiger partial charge on any atom is -0.395 e. The summed E-state index contributed by atoms with van der Waals surface area (Å²) in [5.41, 5.74) is 7.64. The summed E-state index contributed by atoms with van der Waals surface area (Å²) in [6.07, 6.45) is 3.95. The summed E-state index contributed by atoms with van der Waals surface area (Å²) in [7, 11) is 0. The third-order valence-electron chi connectivity index (χ3n) is 5.27. The molecule has 0 saturated carbocycles. The molecule has 0 fully saturated rings. The van der Waals surface area contributed by atoms with E-state index < -0.39 is 0 Å². The number of nitrogens with one attached hydrogen (secondary N) is 1. The van der Waals surface area contributed by atoms with Gasteiger partial charge in [-0.25, -0.2) is 0 Å². The molecule has 0 aliphatic rings. The van der Waals surface area contributed by atoms with Crippen LogP contribution in [0.5, 0.6) is 0 Å². The van der Waals surface area contributed by atoms with Gasteiger partial charge in [-0.15, -0.1) is 0 Å². The van der Waals surface area contributed by atoms with Gasteiger partial charge in [0.05, 0.1) is 6.61 Å². The minimum absolute atomic E-state index is 0.0940. The summed E-state index contributed by atoms with van der Waals surface area (Å²) in [5.74, 6) is 0. The summed E-state index contributed by atoms with van der Waals surface area (Å²) >= 11 is 0. The number of aromatic nitrogens is 2. The average Bonchev–Trinajstić information content (AvgIpc) is 2.97. The van der Waals surface area contributed by atoms with E-state index in [1.807, 2.05) is 20.0 Å². The molecule has 2 aromatic heterocycles. The van der Waals surface area contributed by atoms with Crippen LogP contribution in [0.25, 0.3) is 10.9 Å². The van der Waals surface area contributed by atoms with Crippen molar-refractivity contribution in [2.75, 3.05) is 6.61 Å². The quantitative estimate of drug-likeness (QED) is 0.636. The molecular formula is C23H31N3O. The number of pyridine rings is 1. The van der Waals surface area contributed by atoms with Crippen LogP contribution in [-0.2, 0) is 25.9 Å². The molecule has 1 unspecified atom stereocenters. The third-order valence-corrected chi connectivity index (χ3v) is 5.27. The Balaban J connectivity index is 1.96. The summed E-state index contributed by atoms with van der Waals surface area (Å²) in [6, 6.07) is 11.1. The highest BCUT2D eigenvalue weighted by Gasteiger charge is 2.16. The summed E-state index contributed by atoms with van der Waals surface area (Å²) in [6.45, 7) is 10.3. The van der Waals surface area contributed by atoms with Crippen molar-refractivity contribution in [1.29, 1.82) is 0 Å². The number of aliphatic hydroxyl groups is 1. The van der Waals surface area contributed by atoms with E-state index in [4.69, 9.17) is 0 Å². The van der Waals surface area contributed by atoms with E-state index in [2.05, 4.69) is 59.0 Å². The van der Waals surface area contributed by atoms with Gasteiger partial charge in [0.15, 0.2) is 0 Å². The number of hydrogen-bond donors (Lipinski definition) is 2. The van der Waals surface area contributed by atoms with Gasteiger partial charge < -0.3 is 15.0 Å². The van der Waals surface area contributed by atoms with E-state index in [9.17, 15) is 5.11 Å². The molecule has 0 saturated heterocycles.